The van der Waals surface area contributed by atoms with Gasteiger partial charge in [0.1, 0.15) is 0 Å². The molecule has 76 valence electrons. The van der Waals surface area contributed by atoms with Crippen LogP contribution in [0.4, 0.5) is 0 Å². The highest BCUT2D eigenvalue weighted by molar-refractivity contribution is 7.79. The molecule has 0 aliphatic heterocycles. The molecule has 0 aromatic carbocycles. The highest BCUT2D eigenvalue weighted by Gasteiger charge is 2.18. The molecule has 0 aromatic heterocycles. The van der Waals surface area contributed by atoms with Gasteiger partial charge in [-0.15, -0.1) is 0 Å². The van der Waals surface area contributed by atoms with Crippen LogP contribution in [0.2, 0.25) is 0 Å². The molecule has 0 amide bonds. The molecule has 0 fully saturated rings. The topological polar surface area (TPSA) is 63.6 Å². The van der Waals surface area contributed by atoms with E-state index in [1.165, 1.54) is 0 Å². The van der Waals surface area contributed by atoms with E-state index in [2.05, 4.69) is 6.58 Å². The van der Waals surface area contributed by atoms with E-state index in [1.807, 2.05) is 0 Å². The molecule has 0 heterocycles. The zero-order valence-corrected chi connectivity index (χ0v) is 8.54. The molecule has 0 radical (unpaired) electrons. The van der Waals surface area contributed by atoms with Gasteiger partial charge in [0.15, 0.2) is 11.1 Å². The van der Waals surface area contributed by atoms with Crippen LogP contribution in [-0.4, -0.2) is 26.6 Å². The molecule has 3 unspecified atom stereocenters. The average Bonchev–Trinajstić information content (AvgIpc) is 2.11. The van der Waals surface area contributed by atoms with Crippen molar-refractivity contribution in [3.8, 4) is 0 Å². The number of hydrogen-bond donors (Lipinski definition) is 1. The summed E-state index contributed by atoms with van der Waals surface area (Å²) in [5.41, 5.74) is 0. The van der Waals surface area contributed by atoms with Crippen LogP contribution in [0.5, 0.6) is 0 Å². The van der Waals surface area contributed by atoms with Crippen LogP contribution in [-0.2, 0) is 20.6 Å². The molecule has 3 atom stereocenters. The Balaban J connectivity index is 3.86. The third-order valence-corrected chi connectivity index (χ3v) is 2.88. The minimum Gasteiger partial charge on any atom is -0.462 e. The van der Waals surface area contributed by atoms with Gasteiger partial charge in [0.25, 0.3) is 0 Å². The van der Waals surface area contributed by atoms with Crippen molar-refractivity contribution in [1.82, 2.24) is 0 Å². The summed E-state index contributed by atoms with van der Waals surface area (Å²) in [6, 6.07) is 0. The Hall–Kier alpha value is -0.680. The van der Waals surface area contributed by atoms with Crippen LogP contribution >= 0.6 is 0 Å². The molecule has 0 saturated heterocycles. The van der Waals surface area contributed by atoms with Gasteiger partial charge in [0.05, 0.1) is 11.9 Å². The first-order valence-corrected chi connectivity index (χ1v) is 5.04. The second-order valence-electron chi connectivity index (χ2n) is 2.79. The molecule has 0 rings (SSSR count). The zero-order valence-electron chi connectivity index (χ0n) is 7.73. The van der Waals surface area contributed by atoms with Crippen molar-refractivity contribution in [2.45, 2.75) is 19.1 Å². The summed E-state index contributed by atoms with van der Waals surface area (Å²) >= 11 is -1.87. The zero-order chi connectivity index (χ0) is 10.4. The van der Waals surface area contributed by atoms with Crippen molar-refractivity contribution >= 4 is 17.0 Å². The number of ether oxygens (including phenoxy) is 1. The summed E-state index contributed by atoms with van der Waals surface area (Å²) in [6.45, 7) is 6.74. The summed E-state index contributed by atoms with van der Waals surface area (Å²) in [7, 11) is 0. The first-order chi connectivity index (χ1) is 5.99. The summed E-state index contributed by atoms with van der Waals surface area (Å²) < 4.78 is 24.1. The monoisotopic (exact) mass is 206 g/mol. The Kier molecular flexibility index (Phi) is 5.57. The maximum Gasteiger partial charge on any atom is 0.330 e. The standard InChI is InChI=1S/C8H14O4S/c1-4-8(9)12-5-6(2)7(3)13(10)11/h4,6-7H,1,5H2,2-3H3,(H,10,11). The second-order valence-corrected chi connectivity index (χ2v) is 4.09. The van der Waals surface area contributed by atoms with Crippen molar-refractivity contribution < 1.29 is 18.3 Å². The van der Waals surface area contributed by atoms with Gasteiger partial charge >= 0.3 is 5.97 Å². The van der Waals surface area contributed by atoms with E-state index in [4.69, 9.17) is 9.29 Å². The lowest BCUT2D eigenvalue weighted by Gasteiger charge is -2.15. The van der Waals surface area contributed by atoms with E-state index in [9.17, 15) is 9.00 Å². The summed E-state index contributed by atoms with van der Waals surface area (Å²) in [4.78, 5) is 10.6. The predicted octanol–water partition coefficient (Wildman–Crippen LogP) is 0.962. The van der Waals surface area contributed by atoms with Gasteiger partial charge < -0.3 is 9.29 Å². The lowest BCUT2D eigenvalue weighted by molar-refractivity contribution is -0.138. The van der Waals surface area contributed by atoms with Crippen molar-refractivity contribution in [3.63, 3.8) is 0 Å². The van der Waals surface area contributed by atoms with Crippen molar-refractivity contribution in [2.75, 3.05) is 6.61 Å². The summed E-state index contributed by atoms with van der Waals surface area (Å²) in [6.07, 6.45) is 1.06. The van der Waals surface area contributed by atoms with Crippen LogP contribution < -0.4 is 0 Å². The highest BCUT2D eigenvalue weighted by atomic mass is 32.2. The molecule has 0 aliphatic carbocycles. The molecule has 13 heavy (non-hydrogen) atoms. The number of rotatable bonds is 5. The molecule has 0 spiro atoms. The van der Waals surface area contributed by atoms with E-state index in [0.717, 1.165) is 6.08 Å². The average molecular weight is 206 g/mol. The van der Waals surface area contributed by atoms with Crippen molar-refractivity contribution in [1.29, 1.82) is 0 Å². The molecule has 0 aromatic rings. The van der Waals surface area contributed by atoms with Crippen LogP contribution in [0.1, 0.15) is 13.8 Å². The Labute approximate surface area is 80.3 Å². The first kappa shape index (κ1) is 12.3. The fourth-order valence-electron chi connectivity index (χ4n) is 0.607. The number of hydrogen-bond acceptors (Lipinski definition) is 3. The van der Waals surface area contributed by atoms with Gasteiger partial charge in [-0.3, -0.25) is 0 Å². The van der Waals surface area contributed by atoms with Crippen molar-refractivity contribution in [2.24, 2.45) is 5.92 Å². The lowest BCUT2D eigenvalue weighted by Crippen LogP contribution is -2.24. The molecular formula is C8H14O4S. The Morgan fingerprint density at radius 3 is 2.62 bits per heavy atom. The Morgan fingerprint density at radius 2 is 2.23 bits per heavy atom. The lowest BCUT2D eigenvalue weighted by atomic mass is 10.1. The van der Waals surface area contributed by atoms with E-state index >= 15 is 0 Å². The second kappa shape index (κ2) is 5.88. The molecule has 0 aliphatic rings. The summed E-state index contributed by atoms with van der Waals surface area (Å²) in [5, 5.41) is -0.405. The van der Waals surface area contributed by atoms with Crippen LogP contribution in [0.3, 0.4) is 0 Å². The molecule has 0 saturated carbocycles. The van der Waals surface area contributed by atoms with Gasteiger partial charge in [0, 0.05) is 12.0 Å². The molecule has 1 N–H and O–H groups in total. The Morgan fingerprint density at radius 1 is 1.69 bits per heavy atom. The van der Waals surface area contributed by atoms with Gasteiger partial charge in [-0.05, 0) is 6.92 Å². The third-order valence-electron chi connectivity index (χ3n) is 1.77. The number of carbonyl (C=O) groups excluding carboxylic acids is 1. The molecule has 4 nitrogen and oxygen atoms in total. The summed E-state index contributed by atoms with van der Waals surface area (Å²) in [5.74, 6) is -0.655. The van der Waals surface area contributed by atoms with Gasteiger partial charge in [-0.1, -0.05) is 13.5 Å². The van der Waals surface area contributed by atoms with Gasteiger partial charge in [-0.2, -0.15) is 0 Å². The van der Waals surface area contributed by atoms with Crippen molar-refractivity contribution in [3.05, 3.63) is 12.7 Å². The fraction of sp³-hybridized carbons (Fsp3) is 0.625. The first-order valence-electron chi connectivity index (χ1n) is 3.88. The SMILES string of the molecule is C=CC(=O)OCC(C)C(C)S(=O)O. The van der Waals surface area contributed by atoms with Crippen LogP contribution in [0, 0.1) is 5.92 Å². The fourth-order valence-corrected chi connectivity index (χ4v) is 1.08. The predicted molar refractivity (Wildman–Crippen MR) is 50.6 cm³/mol. The minimum absolute atomic E-state index is 0.137. The molecule has 5 heteroatoms. The minimum atomic E-state index is -1.87. The smallest absolute Gasteiger partial charge is 0.330 e. The van der Waals surface area contributed by atoms with E-state index in [-0.39, 0.29) is 12.5 Å². The normalized spacial score (nSPS) is 17.2. The van der Waals surface area contributed by atoms with Gasteiger partial charge in [0.2, 0.25) is 0 Å². The third kappa shape index (κ3) is 4.80. The van der Waals surface area contributed by atoms with Crippen LogP contribution in [0.15, 0.2) is 12.7 Å². The maximum absolute atomic E-state index is 10.6. The quantitative estimate of drug-likeness (QED) is 0.413. The number of esters is 1. The largest absolute Gasteiger partial charge is 0.462 e. The van der Waals surface area contributed by atoms with E-state index < -0.39 is 22.3 Å². The molecule has 0 bridgehead atoms. The highest BCUT2D eigenvalue weighted by Crippen LogP contribution is 2.08. The Bertz CT molecular complexity index is 214. The maximum atomic E-state index is 10.6. The number of carbonyl (C=O) groups is 1. The molecular weight excluding hydrogens is 192 g/mol. The van der Waals surface area contributed by atoms with Gasteiger partial charge in [-0.25, -0.2) is 9.00 Å². The van der Waals surface area contributed by atoms with E-state index in [1.54, 1.807) is 13.8 Å². The van der Waals surface area contributed by atoms with E-state index in [0.29, 0.717) is 0 Å². The van der Waals surface area contributed by atoms with Crippen LogP contribution in [0.25, 0.3) is 0 Å².